The average Bonchev–Trinajstić information content (AvgIpc) is 3.46. The molecular weight excluding hydrogens is 426 g/mol. The maximum atomic E-state index is 13.0. The largest absolute Gasteiger partial charge is 0.361 e. The Kier molecular flexibility index (Phi) is 6.87. The summed E-state index contributed by atoms with van der Waals surface area (Å²) in [6, 6.07) is 15.8. The number of amides is 2. The van der Waals surface area contributed by atoms with Gasteiger partial charge in [0.1, 0.15) is 6.04 Å². The SMILES string of the molecule is O=C(NC(Cc1c[nH]c2ccccc12)C(=O)NCCCn1cccn1)c1ccccc1Cl. The summed E-state index contributed by atoms with van der Waals surface area (Å²) in [5, 5.41) is 11.3. The van der Waals surface area contributed by atoms with Crippen molar-refractivity contribution in [1.29, 1.82) is 0 Å². The summed E-state index contributed by atoms with van der Waals surface area (Å²) in [5.41, 5.74) is 2.28. The lowest BCUT2D eigenvalue weighted by molar-refractivity contribution is -0.122. The molecule has 0 aliphatic heterocycles. The zero-order valence-electron chi connectivity index (χ0n) is 17.4. The Labute approximate surface area is 190 Å². The first-order valence-electron chi connectivity index (χ1n) is 10.5. The molecule has 2 heterocycles. The van der Waals surface area contributed by atoms with Gasteiger partial charge in [-0.2, -0.15) is 5.10 Å². The zero-order valence-corrected chi connectivity index (χ0v) is 18.2. The number of rotatable bonds is 9. The van der Waals surface area contributed by atoms with Crippen LogP contribution in [-0.2, 0) is 17.8 Å². The standard InChI is InChI=1S/C24H24ClN5O2/c25-20-9-3-1-8-19(20)23(31)29-22(15-17-16-27-21-10-4-2-7-18(17)21)24(32)26-11-5-13-30-14-6-12-28-30/h1-4,6-10,12,14,16,22,27H,5,11,13,15H2,(H,26,32)(H,29,31). The first kappa shape index (κ1) is 21.6. The van der Waals surface area contributed by atoms with Gasteiger partial charge in [-0.15, -0.1) is 0 Å². The van der Waals surface area contributed by atoms with Gasteiger partial charge in [-0.1, -0.05) is 41.9 Å². The van der Waals surface area contributed by atoms with Crippen LogP contribution in [0.2, 0.25) is 5.02 Å². The number of nitrogens with one attached hydrogen (secondary N) is 3. The van der Waals surface area contributed by atoms with Crippen LogP contribution < -0.4 is 10.6 Å². The fraction of sp³-hybridized carbons (Fsp3) is 0.208. The zero-order chi connectivity index (χ0) is 22.3. The number of fused-ring (bicyclic) bond motifs is 1. The number of halogens is 1. The first-order valence-corrected chi connectivity index (χ1v) is 10.8. The summed E-state index contributed by atoms with van der Waals surface area (Å²) < 4.78 is 1.81. The number of nitrogens with zero attached hydrogens (tertiary/aromatic N) is 2. The topological polar surface area (TPSA) is 91.8 Å². The van der Waals surface area contributed by atoms with Gasteiger partial charge in [0.05, 0.1) is 10.6 Å². The van der Waals surface area contributed by atoms with Crippen molar-refractivity contribution >= 4 is 34.3 Å². The molecule has 0 spiro atoms. The molecule has 0 radical (unpaired) electrons. The average molecular weight is 450 g/mol. The summed E-state index contributed by atoms with van der Waals surface area (Å²) in [5.74, 6) is -0.622. The molecule has 0 fully saturated rings. The molecule has 1 unspecified atom stereocenters. The predicted octanol–water partition coefficient (Wildman–Crippen LogP) is 3.57. The number of para-hydroxylation sites is 1. The van der Waals surface area contributed by atoms with Crippen LogP contribution in [0, 0.1) is 0 Å². The van der Waals surface area contributed by atoms with Gasteiger partial charge in [0.25, 0.3) is 5.91 Å². The molecular formula is C24H24ClN5O2. The van der Waals surface area contributed by atoms with E-state index >= 15 is 0 Å². The molecule has 4 rings (SSSR count). The summed E-state index contributed by atoms with van der Waals surface area (Å²) >= 11 is 6.18. The van der Waals surface area contributed by atoms with Crippen LogP contribution in [0.1, 0.15) is 22.3 Å². The van der Waals surface area contributed by atoms with Crippen molar-refractivity contribution < 1.29 is 9.59 Å². The molecule has 0 saturated heterocycles. The highest BCUT2D eigenvalue weighted by Gasteiger charge is 2.23. The quantitative estimate of drug-likeness (QED) is 0.341. The Morgan fingerprint density at radius 1 is 1.09 bits per heavy atom. The van der Waals surface area contributed by atoms with E-state index in [2.05, 4.69) is 20.7 Å². The summed E-state index contributed by atoms with van der Waals surface area (Å²) in [6.45, 7) is 1.18. The van der Waals surface area contributed by atoms with Crippen LogP contribution in [0.25, 0.3) is 10.9 Å². The molecule has 2 aromatic carbocycles. The van der Waals surface area contributed by atoms with E-state index in [9.17, 15) is 9.59 Å². The van der Waals surface area contributed by atoms with Crippen LogP contribution >= 0.6 is 11.6 Å². The van der Waals surface area contributed by atoms with Crippen molar-refractivity contribution in [3.63, 3.8) is 0 Å². The van der Waals surface area contributed by atoms with Gasteiger partial charge in [0.2, 0.25) is 5.91 Å². The van der Waals surface area contributed by atoms with Crippen molar-refractivity contribution in [3.8, 4) is 0 Å². The Morgan fingerprint density at radius 2 is 1.91 bits per heavy atom. The fourth-order valence-electron chi connectivity index (χ4n) is 3.62. The Morgan fingerprint density at radius 3 is 2.72 bits per heavy atom. The maximum Gasteiger partial charge on any atom is 0.253 e. The Bertz CT molecular complexity index is 1200. The van der Waals surface area contributed by atoms with Gasteiger partial charge >= 0.3 is 0 Å². The number of carbonyl (C=O) groups is 2. The number of H-pyrrole nitrogens is 1. The van der Waals surface area contributed by atoms with E-state index in [0.717, 1.165) is 22.9 Å². The normalized spacial score (nSPS) is 11.9. The maximum absolute atomic E-state index is 13.0. The van der Waals surface area contributed by atoms with Crippen molar-refractivity contribution in [3.05, 3.63) is 89.3 Å². The molecule has 32 heavy (non-hydrogen) atoms. The number of hydrogen-bond donors (Lipinski definition) is 3. The minimum atomic E-state index is -0.748. The van der Waals surface area contributed by atoms with Crippen molar-refractivity contribution in [2.24, 2.45) is 0 Å². The third-order valence-corrected chi connectivity index (χ3v) is 5.59. The smallest absolute Gasteiger partial charge is 0.253 e. The third kappa shape index (κ3) is 5.18. The number of hydrogen-bond acceptors (Lipinski definition) is 3. The fourth-order valence-corrected chi connectivity index (χ4v) is 3.84. The van der Waals surface area contributed by atoms with Gasteiger partial charge in [-0.05, 0) is 36.2 Å². The van der Waals surface area contributed by atoms with Crippen LogP contribution in [0.15, 0.2) is 73.2 Å². The first-order chi connectivity index (χ1) is 15.6. The lowest BCUT2D eigenvalue weighted by atomic mass is 10.0. The Balaban J connectivity index is 1.47. The van der Waals surface area contributed by atoms with E-state index < -0.39 is 6.04 Å². The van der Waals surface area contributed by atoms with Crippen LogP contribution in [0.4, 0.5) is 0 Å². The minimum absolute atomic E-state index is 0.240. The van der Waals surface area contributed by atoms with Gasteiger partial charge in [0, 0.05) is 49.0 Å². The highest BCUT2D eigenvalue weighted by Crippen LogP contribution is 2.20. The molecule has 1 atom stereocenters. The van der Waals surface area contributed by atoms with Crippen LogP contribution in [0.5, 0.6) is 0 Å². The second-order valence-electron chi connectivity index (χ2n) is 7.48. The molecule has 4 aromatic rings. The Hall–Kier alpha value is -3.58. The molecule has 0 saturated carbocycles. The molecule has 8 heteroatoms. The van der Waals surface area contributed by atoms with Gasteiger partial charge in [-0.3, -0.25) is 14.3 Å². The molecule has 2 aromatic heterocycles. The van der Waals surface area contributed by atoms with E-state index in [4.69, 9.17) is 11.6 Å². The second kappa shape index (κ2) is 10.2. The number of carbonyl (C=O) groups excluding carboxylic acids is 2. The highest BCUT2D eigenvalue weighted by atomic mass is 35.5. The molecule has 164 valence electrons. The second-order valence-corrected chi connectivity index (χ2v) is 7.89. The van der Waals surface area contributed by atoms with Crippen molar-refractivity contribution in [2.75, 3.05) is 6.54 Å². The van der Waals surface area contributed by atoms with Crippen molar-refractivity contribution in [2.45, 2.75) is 25.4 Å². The van der Waals surface area contributed by atoms with Crippen molar-refractivity contribution in [1.82, 2.24) is 25.4 Å². The van der Waals surface area contributed by atoms with Gasteiger partial charge in [-0.25, -0.2) is 0 Å². The summed E-state index contributed by atoms with van der Waals surface area (Å²) in [6.07, 6.45) is 6.56. The minimum Gasteiger partial charge on any atom is -0.361 e. The lowest BCUT2D eigenvalue weighted by Gasteiger charge is -2.19. The van der Waals surface area contributed by atoms with E-state index in [1.165, 1.54) is 0 Å². The summed E-state index contributed by atoms with van der Waals surface area (Å²) in [4.78, 5) is 29.1. The molecule has 0 aliphatic carbocycles. The van der Waals surface area contributed by atoms with E-state index in [1.54, 1.807) is 30.5 Å². The molecule has 0 aliphatic rings. The van der Waals surface area contributed by atoms with Gasteiger partial charge in [0.15, 0.2) is 0 Å². The molecule has 3 N–H and O–H groups in total. The molecule has 7 nitrogen and oxygen atoms in total. The predicted molar refractivity (Wildman–Crippen MR) is 125 cm³/mol. The summed E-state index contributed by atoms with van der Waals surface area (Å²) in [7, 11) is 0. The van der Waals surface area contributed by atoms with Crippen LogP contribution in [0.3, 0.4) is 0 Å². The third-order valence-electron chi connectivity index (χ3n) is 5.26. The number of aryl methyl sites for hydroxylation is 1. The number of aromatic nitrogens is 3. The molecule has 2 amide bonds. The highest BCUT2D eigenvalue weighted by molar-refractivity contribution is 6.33. The number of aromatic amines is 1. The van der Waals surface area contributed by atoms with E-state index in [0.29, 0.717) is 30.1 Å². The number of benzene rings is 2. The van der Waals surface area contributed by atoms with Gasteiger partial charge < -0.3 is 15.6 Å². The van der Waals surface area contributed by atoms with E-state index in [1.807, 2.05) is 47.4 Å². The molecule has 0 bridgehead atoms. The van der Waals surface area contributed by atoms with Crippen LogP contribution in [-0.4, -0.2) is 39.2 Å². The lowest BCUT2D eigenvalue weighted by Crippen LogP contribution is -2.48. The monoisotopic (exact) mass is 449 g/mol. The van der Waals surface area contributed by atoms with E-state index in [-0.39, 0.29) is 11.8 Å².